The molecular weight excluding hydrogens is 359 g/mol. The Morgan fingerprint density at radius 1 is 0.964 bits per heavy atom. The molecule has 0 aliphatic heterocycles. The number of alkyl halides is 3. The molecule has 1 fully saturated rings. The van der Waals surface area contributed by atoms with E-state index < -0.39 is 12.6 Å². The zero-order chi connectivity index (χ0) is 19.9. The molecule has 4 heteroatoms. The number of aryl methyl sites for hydroxylation is 2. The minimum absolute atomic E-state index is 0.0424. The number of fused-ring (bicyclic) bond motifs is 1. The van der Waals surface area contributed by atoms with Crippen LogP contribution in [0.4, 0.5) is 13.2 Å². The largest absolute Gasteiger partial charge is 0.389 e. The van der Waals surface area contributed by atoms with E-state index in [1.54, 1.807) is 0 Å². The quantitative estimate of drug-likeness (QED) is 0.460. The fraction of sp³-hybridized carbons (Fsp3) is 0.375. The van der Waals surface area contributed by atoms with E-state index in [1.165, 1.54) is 11.1 Å². The van der Waals surface area contributed by atoms with Gasteiger partial charge in [0.15, 0.2) is 0 Å². The highest BCUT2D eigenvalue weighted by Gasteiger charge is 2.38. The van der Waals surface area contributed by atoms with Gasteiger partial charge in [-0.25, -0.2) is 4.98 Å². The molecule has 0 radical (unpaired) electrons. The molecule has 0 N–H and O–H groups in total. The summed E-state index contributed by atoms with van der Waals surface area (Å²) in [5, 5.41) is 0.981. The minimum Gasteiger partial charge on any atom is -0.248 e. The van der Waals surface area contributed by atoms with E-state index in [0.29, 0.717) is 6.42 Å². The second-order valence-electron chi connectivity index (χ2n) is 8.10. The van der Waals surface area contributed by atoms with Crippen molar-refractivity contribution in [2.45, 2.75) is 51.6 Å². The normalized spacial score (nSPS) is 20.0. The Balaban J connectivity index is 1.73. The fourth-order valence-electron chi connectivity index (χ4n) is 4.77. The number of hydrogen-bond donors (Lipinski definition) is 0. The van der Waals surface area contributed by atoms with Gasteiger partial charge in [-0.05, 0) is 68.4 Å². The molecule has 1 aliphatic carbocycles. The predicted molar refractivity (Wildman–Crippen MR) is 107 cm³/mol. The van der Waals surface area contributed by atoms with Crippen molar-refractivity contribution in [2.75, 3.05) is 0 Å². The molecule has 1 nitrogen and oxygen atoms in total. The van der Waals surface area contributed by atoms with E-state index in [1.807, 2.05) is 30.3 Å². The van der Waals surface area contributed by atoms with Gasteiger partial charge >= 0.3 is 6.18 Å². The lowest BCUT2D eigenvalue weighted by Crippen LogP contribution is -2.17. The SMILES string of the molecule is Cc1cc(C)cc(-c2ccc3c(C4CCCC4CC(F)(F)F)cccc3n2)c1. The third-order valence-electron chi connectivity index (χ3n) is 5.84. The summed E-state index contributed by atoms with van der Waals surface area (Å²) in [6, 6.07) is 16.3. The summed E-state index contributed by atoms with van der Waals surface area (Å²) in [5.41, 5.74) is 6.21. The molecule has 1 saturated carbocycles. The molecular formula is C24H24F3N. The zero-order valence-corrected chi connectivity index (χ0v) is 16.2. The van der Waals surface area contributed by atoms with Crippen LogP contribution in [-0.2, 0) is 0 Å². The molecule has 0 saturated heterocycles. The Bertz CT molecular complexity index is 986. The van der Waals surface area contributed by atoms with Crippen molar-refractivity contribution >= 4 is 10.9 Å². The van der Waals surface area contributed by atoms with Crippen LogP contribution in [0, 0.1) is 19.8 Å². The molecule has 3 aromatic rings. The van der Waals surface area contributed by atoms with E-state index in [2.05, 4.69) is 32.0 Å². The number of halogens is 3. The topological polar surface area (TPSA) is 12.9 Å². The van der Waals surface area contributed by atoms with Crippen LogP contribution in [0.15, 0.2) is 48.5 Å². The van der Waals surface area contributed by atoms with Crippen LogP contribution in [0.2, 0.25) is 0 Å². The van der Waals surface area contributed by atoms with Gasteiger partial charge in [-0.3, -0.25) is 0 Å². The van der Waals surface area contributed by atoms with Crippen molar-refractivity contribution < 1.29 is 13.2 Å². The summed E-state index contributed by atoms with van der Waals surface area (Å²) in [7, 11) is 0. The lowest BCUT2D eigenvalue weighted by molar-refractivity contribution is -0.145. The Morgan fingerprint density at radius 3 is 2.43 bits per heavy atom. The number of rotatable bonds is 3. The van der Waals surface area contributed by atoms with Crippen molar-refractivity contribution in [1.82, 2.24) is 4.98 Å². The van der Waals surface area contributed by atoms with Gasteiger partial charge in [-0.1, -0.05) is 41.8 Å². The summed E-state index contributed by atoms with van der Waals surface area (Å²) in [5.74, 6) is -0.371. The second kappa shape index (κ2) is 7.23. The number of pyridine rings is 1. The third-order valence-corrected chi connectivity index (χ3v) is 5.84. The average Bonchev–Trinajstić information content (AvgIpc) is 3.06. The summed E-state index contributed by atoms with van der Waals surface area (Å²) < 4.78 is 39.0. The third kappa shape index (κ3) is 3.91. The van der Waals surface area contributed by atoms with E-state index in [9.17, 15) is 13.2 Å². The monoisotopic (exact) mass is 383 g/mol. The molecule has 0 spiro atoms. The summed E-state index contributed by atoms with van der Waals surface area (Å²) in [6.07, 6.45) is -2.47. The highest BCUT2D eigenvalue weighted by molar-refractivity contribution is 5.85. The predicted octanol–water partition coefficient (Wildman–Crippen LogP) is 7.35. The van der Waals surface area contributed by atoms with Gasteiger partial charge in [0.25, 0.3) is 0 Å². The zero-order valence-electron chi connectivity index (χ0n) is 16.2. The van der Waals surface area contributed by atoms with Gasteiger partial charge in [0.1, 0.15) is 0 Å². The molecule has 2 unspecified atom stereocenters. The van der Waals surface area contributed by atoms with Crippen LogP contribution in [0.3, 0.4) is 0 Å². The number of hydrogen-bond acceptors (Lipinski definition) is 1. The van der Waals surface area contributed by atoms with Crippen molar-refractivity contribution in [3.63, 3.8) is 0 Å². The molecule has 1 aromatic heterocycles. The maximum atomic E-state index is 13.0. The first-order valence-electron chi connectivity index (χ1n) is 9.85. The van der Waals surface area contributed by atoms with Crippen molar-refractivity contribution in [2.24, 2.45) is 5.92 Å². The molecule has 1 aliphatic rings. The first kappa shape index (κ1) is 19.0. The highest BCUT2D eigenvalue weighted by atomic mass is 19.4. The maximum Gasteiger partial charge on any atom is 0.389 e. The van der Waals surface area contributed by atoms with Gasteiger partial charge in [0.2, 0.25) is 0 Å². The van der Waals surface area contributed by atoms with Crippen LogP contribution in [0.5, 0.6) is 0 Å². The molecule has 28 heavy (non-hydrogen) atoms. The van der Waals surface area contributed by atoms with Gasteiger partial charge in [-0.2, -0.15) is 13.2 Å². The van der Waals surface area contributed by atoms with E-state index in [-0.39, 0.29) is 11.8 Å². The lowest BCUT2D eigenvalue weighted by Gasteiger charge is -2.22. The minimum atomic E-state index is -4.10. The molecule has 0 bridgehead atoms. The highest BCUT2D eigenvalue weighted by Crippen LogP contribution is 2.46. The molecule has 146 valence electrons. The first-order valence-corrected chi connectivity index (χ1v) is 9.85. The van der Waals surface area contributed by atoms with Gasteiger partial charge < -0.3 is 0 Å². The van der Waals surface area contributed by atoms with Crippen LogP contribution in [-0.4, -0.2) is 11.2 Å². The van der Waals surface area contributed by atoms with Crippen molar-refractivity contribution in [3.8, 4) is 11.3 Å². The number of nitrogens with zero attached hydrogens (tertiary/aromatic N) is 1. The van der Waals surface area contributed by atoms with Crippen LogP contribution >= 0.6 is 0 Å². The lowest BCUT2D eigenvalue weighted by atomic mass is 9.84. The van der Waals surface area contributed by atoms with E-state index >= 15 is 0 Å². The molecule has 4 rings (SSSR count). The fourth-order valence-corrected chi connectivity index (χ4v) is 4.77. The van der Waals surface area contributed by atoms with Crippen molar-refractivity contribution in [3.05, 3.63) is 65.2 Å². The molecule has 2 aromatic carbocycles. The molecule has 0 amide bonds. The van der Waals surface area contributed by atoms with Crippen LogP contribution < -0.4 is 0 Å². The van der Waals surface area contributed by atoms with Crippen molar-refractivity contribution in [1.29, 1.82) is 0 Å². The standard InChI is InChI=1S/C24H24F3N/c1-15-11-16(2)13-18(12-15)22-10-9-21-20(7-4-8-23(21)28-22)19-6-3-5-17(19)14-24(25,26)27/h4,7-13,17,19H,3,5-6,14H2,1-2H3. The molecule has 1 heterocycles. The Hall–Kier alpha value is -2.36. The smallest absolute Gasteiger partial charge is 0.248 e. The van der Waals surface area contributed by atoms with E-state index in [0.717, 1.165) is 40.6 Å². The van der Waals surface area contributed by atoms with Crippen LogP contribution in [0.1, 0.15) is 48.3 Å². The summed E-state index contributed by atoms with van der Waals surface area (Å²) in [4.78, 5) is 4.84. The number of benzene rings is 2. The maximum absolute atomic E-state index is 13.0. The van der Waals surface area contributed by atoms with E-state index in [4.69, 9.17) is 4.98 Å². The molecule has 2 atom stereocenters. The first-order chi connectivity index (χ1) is 13.3. The second-order valence-corrected chi connectivity index (χ2v) is 8.10. The van der Waals surface area contributed by atoms with Gasteiger partial charge in [0.05, 0.1) is 11.2 Å². The van der Waals surface area contributed by atoms with Crippen LogP contribution in [0.25, 0.3) is 22.2 Å². The summed E-state index contributed by atoms with van der Waals surface area (Å²) >= 11 is 0. The Labute approximate surface area is 163 Å². The van der Waals surface area contributed by atoms with Gasteiger partial charge in [-0.15, -0.1) is 0 Å². The average molecular weight is 383 g/mol. The number of aromatic nitrogens is 1. The summed E-state index contributed by atoms with van der Waals surface area (Å²) in [6.45, 7) is 4.13. The Morgan fingerprint density at radius 2 is 1.71 bits per heavy atom. The Kier molecular flexibility index (Phi) is 4.90. The van der Waals surface area contributed by atoms with Gasteiger partial charge in [0, 0.05) is 17.4 Å².